The Bertz CT molecular complexity index is 628. The van der Waals surface area contributed by atoms with E-state index in [4.69, 9.17) is 0 Å². The normalized spacial score (nSPS) is 17.7. The predicted molar refractivity (Wildman–Crippen MR) is 67.7 cm³/mol. The zero-order valence-corrected chi connectivity index (χ0v) is 9.59. The van der Waals surface area contributed by atoms with Crippen LogP contribution in [0.1, 0.15) is 29.0 Å². The van der Waals surface area contributed by atoms with Crippen molar-refractivity contribution in [2.45, 2.75) is 12.3 Å². The summed E-state index contributed by atoms with van der Waals surface area (Å²) in [5.41, 5.74) is 1.97. The third-order valence-electron chi connectivity index (χ3n) is 3.35. The van der Waals surface area contributed by atoms with Crippen molar-refractivity contribution in [2.75, 3.05) is 0 Å². The average Bonchev–Trinajstić information content (AvgIpc) is 2.66. The lowest BCUT2D eigenvalue weighted by molar-refractivity contribution is 0.421. The first-order chi connectivity index (χ1) is 8.68. The maximum Gasteiger partial charge on any atom is 0.198 e. The number of aromatic nitrogens is 1. The van der Waals surface area contributed by atoms with Crippen molar-refractivity contribution < 1.29 is 15.3 Å². The molecule has 0 amide bonds. The highest BCUT2D eigenvalue weighted by Gasteiger charge is 2.28. The molecular formula is C14H13NO3. The van der Waals surface area contributed by atoms with Gasteiger partial charge in [-0.15, -0.1) is 0 Å². The van der Waals surface area contributed by atoms with E-state index in [0.29, 0.717) is 17.5 Å². The van der Waals surface area contributed by atoms with Crippen molar-refractivity contribution in [1.82, 2.24) is 4.98 Å². The second kappa shape index (κ2) is 3.84. The zero-order valence-electron chi connectivity index (χ0n) is 9.59. The highest BCUT2D eigenvalue weighted by molar-refractivity contribution is 5.68. The third-order valence-corrected chi connectivity index (χ3v) is 3.35. The van der Waals surface area contributed by atoms with Crippen LogP contribution in [0, 0.1) is 0 Å². The number of aromatic hydroxyl groups is 3. The van der Waals surface area contributed by atoms with Crippen molar-refractivity contribution in [3.05, 3.63) is 47.0 Å². The molecule has 1 aliphatic rings. The first-order valence-electron chi connectivity index (χ1n) is 5.76. The second-order valence-corrected chi connectivity index (χ2v) is 4.40. The maximum atomic E-state index is 9.91. The van der Waals surface area contributed by atoms with Gasteiger partial charge in [0.25, 0.3) is 0 Å². The van der Waals surface area contributed by atoms with Crippen LogP contribution in [0.3, 0.4) is 0 Å². The molecule has 4 N–H and O–H groups in total. The van der Waals surface area contributed by atoms with Gasteiger partial charge in [-0.3, -0.25) is 4.98 Å². The molecule has 0 saturated heterocycles. The molecule has 2 aromatic rings. The Morgan fingerprint density at radius 3 is 2.61 bits per heavy atom. The van der Waals surface area contributed by atoms with Gasteiger partial charge in [0.05, 0.1) is 0 Å². The molecule has 0 fully saturated rings. The molecule has 0 radical (unpaired) electrons. The fourth-order valence-corrected chi connectivity index (χ4v) is 2.53. The van der Waals surface area contributed by atoms with Crippen LogP contribution in [-0.2, 0) is 0 Å². The van der Waals surface area contributed by atoms with E-state index >= 15 is 0 Å². The standard InChI is InChI=1S/C14H13NO3/c16-11-7-2-1-4-8(11)9-5-3-6-10-12(9)14(18)15-13(10)17/h1-4,6-7,9,15-18H,5H2. The van der Waals surface area contributed by atoms with Crippen LogP contribution in [0.25, 0.3) is 6.08 Å². The van der Waals surface area contributed by atoms with Gasteiger partial charge in [-0.1, -0.05) is 30.4 Å². The van der Waals surface area contributed by atoms with Crippen molar-refractivity contribution in [1.29, 1.82) is 0 Å². The fraction of sp³-hybridized carbons (Fsp3) is 0.143. The zero-order chi connectivity index (χ0) is 12.7. The lowest BCUT2D eigenvalue weighted by atomic mass is 9.83. The van der Waals surface area contributed by atoms with Crippen LogP contribution in [-0.4, -0.2) is 20.3 Å². The average molecular weight is 243 g/mol. The van der Waals surface area contributed by atoms with Gasteiger partial charge in [0.15, 0.2) is 11.8 Å². The minimum absolute atomic E-state index is 0.0416. The lowest BCUT2D eigenvalue weighted by Crippen LogP contribution is -2.04. The predicted octanol–water partition coefficient (Wildman–Crippen LogP) is 2.68. The van der Waals surface area contributed by atoms with Crippen LogP contribution in [0.4, 0.5) is 0 Å². The first-order valence-corrected chi connectivity index (χ1v) is 5.76. The number of allylic oxidation sites excluding steroid dienone is 1. The van der Waals surface area contributed by atoms with E-state index in [-0.39, 0.29) is 23.4 Å². The summed E-state index contributed by atoms with van der Waals surface area (Å²) >= 11 is 0. The van der Waals surface area contributed by atoms with Gasteiger partial charge in [0.1, 0.15) is 5.75 Å². The first kappa shape index (κ1) is 10.8. The highest BCUT2D eigenvalue weighted by atomic mass is 16.3. The summed E-state index contributed by atoms with van der Waals surface area (Å²) in [7, 11) is 0. The van der Waals surface area contributed by atoms with Gasteiger partial charge >= 0.3 is 0 Å². The van der Waals surface area contributed by atoms with E-state index < -0.39 is 0 Å². The Balaban J connectivity index is 2.18. The van der Waals surface area contributed by atoms with Crippen molar-refractivity contribution in [3.8, 4) is 17.5 Å². The third kappa shape index (κ3) is 1.46. The summed E-state index contributed by atoms with van der Waals surface area (Å²) in [6.07, 6.45) is 4.37. The van der Waals surface area contributed by atoms with E-state index in [0.717, 1.165) is 5.56 Å². The Labute approximate surface area is 104 Å². The number of phenols is 1. The van der Waals surface area contributed by atoms with Crippen molar-refractivity contribution in [3.63, 3.8) is 0 Å². The molecule has 1 unspecified atom stereocenters. The van der Waals surface area contributed by atoms with Crippen molar-refractivity contribution >= 4 is 6.08 Å². The van der Waals surface area contributed by atoms with Crippen LogP contribution in [0.15, 0.2) is 30.3 Å². The number of hydrogen-bond acceptors (Lipinski definition) is 3. The van der Waals surface area contributed by atoms with Gasteiger partial charge in [-0.25, -0.2) is 0 Å². The Morgan fingerprint density at radius 2 is 1.83 bits per heavy atom. The van der Waals surface area contributed by atoms with Crippen molar-refractivity contribution in [2.24, 2.45) is 0 Å². The molecule has 1 aromatic carbocycles. The second-order valence-electron chi connectivity index (χ2n) is 4.40. The van der Waals surface area contributed by atoms with Crippen LogP contribution in [0.2, 0.25) is 0 Å². The maximum absolute atomic E-state index is 9.91. The monoisotopic (exact) mass is 243 g/mol. The number of benzene rings is 1. The van der Waals surface area contributed by atoms with Gasteiger partial charge in [-0.2, -0.15) is 0 Å². The number of H-pyrrole nitrogens is 1. The van der Waals surface area contributed by atoms with Gasteiger partial charge in [0.2, 0.25) is 0 Å². The molecule has 4 nitrogen and oxygen atoms in total. The Hall–Kier alpha value is -2.36. The molecule has 1 heterocycles. The number of para-hydroxylation sites is 1. The van der Waals surface area contributed by atoms with Gasteiger partial charge < -0.3 is 15.3 Å². The van der Waals surface area contributed by atoms with E-state index in [2.05, 4.69) is 4.98 Å². The molecular weight excluding hydrogens is 230 g/mol. The molecule has 18 heavy (non-hydrogen) atoms. The van der Waals surface area contributed by atoms with E-state index in [1.165, 1.54) is 0 Å². The number of phenolic OH excluding ortho intramolecular Hbond substituents is 1. The Morgan fingerprint density at radius 1 is 1.06 bits per heavy atom. The molecule has 0 bridgehead atoms. The Kier molecular flexibility index (Phi) is 2.30. The summed E-state index contributed by atoms with van der Waals surface area (Å²) in [6, 6.07) is 7.05. The highest BCUT2D eigenvalue weighted by Crippen LogP contribution is 2.45. The molecule has 0 aliphatic heterocycles. The minimum Gasteiger partial charge on any atom is -0.508 e. The largest absolute Gasteiger partial charge is 0.508 e. The van der Waals surface area contributed by atoms with Gasteiger partial charge in [0, 0.05) is 22.6 Å². The molecule has 3 rings (SSSR count). The number of nitrogens with one attached hydrogen (secondary N) is 1. The molecule has 92 valence electrons. The molecule has 1 aliphatic carbocycles. The molecule has 1 atom stereocenters. The van der Waals surface area contributed by atoms with Gasteiger partial charge in [-0.05, 0) is 12.5 Å². The number of hydrogen-bond donors (Lipinski definition) is 4. The molecule has 4 heteroatoms. The van der Waals surface area contributed by atoms with E-state index in [1.54, 1.807) is 18.2 Å². The summed E-state index contributed by atoms with van der Waals surface area (Å²) in [6.45, 7) is 0. The lowest BCUT2D eigenvalue weighted by Gasteiger charge is -2.20. The summed E-state index contributed by atoms with van der Waals surface area (Å²) < 4.78 is 0. The fourth-order valence-electron chi connectivity index (χ4n) is 2.53. The number of rotatable bonds is 1. The van der Waals surface area contributed by atoms with Crippen LogP contribution in [0.5, 0.6) is 17.5 Å². The molecule has 1 aromatic heterocycles. The van der Waals surface area contributed by atoms with Crippen LogP contribution >= 0.6 is 0 Å². The smallest absolute Gasteiger partial charge is 0.198 e. The molecule has 0 saturated carbocycles. The van der Waals surface area contributed by atoms with E-state index in [9.17, 15) is 15.3 Å². The number of aromatic amines is 1. The summed E-state index contributed by atoms with van der Waals surface area (Å²) in [4.78, 5) is 2.52. The topological polar surface area (TPSA) is 76.5 Å². The summed E-state index contributed by atoms with van der Waals surface area (Å²) in [5.74, 6) is -0.0360. The summed E-state index contributed by atoms with van der Waals surface area (Å²) in [5, 5.41) is 29.5. The quantitative estimate of drug-likeness (QED) is 0.622. The SMILES string of the molecule is Oc1ccccc1C1CC=Cc2c(O)[nH]c(O)c21. The van der Waals surface area contributed by atoms with E-state index in [1.807, 2.05) is 18.2 Å². The minimum atomic E-state index is -0.150. The molecule has 0 spiro atoms. The van der Waals surface area contributed by atoms with Crippen LogP contribution < -0.4 is 0 Å². The number of fused-ring (bicyclic) bond motifs is 1.